The zero-order valence-corrected chi connectivity index (χ0v) is 16.2. The highest BCUT2D eigenvalue weighted by molar-refractivity contribution is 5.82. The van der Waals surface area contributed by atoms with E-state index in [1.54, 1.807) is 19.2 Å². The van der Waals surface area contributed by atoms with Gasteiger partial charge in [-0.3, -0.25) is 9.79 Å². The molecule has 7 heteroatoms. The Morgan fingerprint density at radius 3 is 2.77 bits per heavy atom. The van der Waals surface area contributed by atoms with Crippen molar-refractivity contribution in [2.24, 2.45) is 16.8 Å². The van der Waals surface area contributed by atoms with Gasteiger partial charge in [-0.05, 0) is 37.7 Å². The smallest absolute Gasteiger partial charge is 0.310 e. The fourth-order valence-corrected chi connectivity index (χ4v) is 3.43. The number of rotatable bonds is 5. The molecule has 1 aromatic rings. The molecule has 0 saturated carbocycles. The number of ether oxygens (including phenoxy) is 1. The minimum Gasteiger partial charge on any atom is -0.469 e. The van der Waals surface area contributed by atoms with Crippen LogP contribution in [-0.4, -0.2) is 69.6 Å². The van der Waals surface area contributed by atoms with Crippen LogP contribution in [0.4, 0.5) is 4.39 Å². The number of carbonyl (C=O) groups is 1. The predicted molar refractivity (Wildman–Crippen MR) is 100 cm³/mol. The van der Waals surface area contributed by atoms with E-state index < -0.39 is 0 Å². The number of methoxy groups -OCH3 is 1. The van der Waals surface area contributed by atoms with Crippen molar-refractivity contribution in [3.8, 4) is 0 Å². The van der Waals surface area contributed by atoms with E-state index in [1.807, 2.05) is 32.0 Å². The lowest BCUT2D eigenvalue weighted by molar-refractivity contribution is -0.145. The van der Waals surface area contributed by atoms with Gasteiger partial charge in [-0.1, -0.05) is 19.1 Å². The van der Waals surface area contributed by atoms with Crippen molar-refractivity contribution >= 4 is 11.9 Å². The Bertz CT molecular complexity index is 650. The molecule has 0 radical (unpaired) electrons. The third-order valence-electron chi connectivity index (χ3n) is 4.94. The van der Waals surface area contributed by atoms with Crippen molar-refractivity contribution in [1.29, 1.82) is 0 Å². The van der Waals surface area contributed by atoms with Gasteiger partial charge in [0.2, 0.25) is 0 Å². The van der Waals surface area contributed by atoms with E-state index in [2.05, 4.69) is 15.2 Å². The second-order valence-corrected chi connectivity index (χ2v) is 6.97. The average molecular weight is 364 g/mol. The van der Waals surface area contributed by atoms with Crippen LogP contribution in [0.15, 0.2) is 29.3 Å². The van der Waals surface area contributed by atoms with Crippen LogP contribution in [0.5, 0.6) is 0 Å². The second kappa shape index (κ2) is 8.98. The number of carbonyl (C=O) groups excluding carboxylic acids is 1. The summed E-state index contributed by atoms with van der Waals surface area (Å²) in [5.74, 6) is 0.376. The number of halogens is 1. The molecule has 6 nitrogen and oxygen atoms in total. The van der Waals surface area contributed by atoms with Crippen LogP contribution in [0.3, 0.4) is 0 Å². The maximum atomic E-state index is 13.6. The molecule has 3 unspecified atom stereocenters. The Hall–Kier alpha value is -2.15. The topological polar surface area (TPSA) is 57.2 Å². The highest BCUT2D eigenvalue weighted by Gasteiger charge is 2.37. The summed E-state index contributed by atoms with van der Waals surface area (Å²) >= 11 is 0. The Kier molecular flexibility index (Phi) is 6.97. The monoisotopic (exact) mass is 364 g/mol. The zero-order valence-electron chi connectivity index (χ0n) is 16.2. The van der Waals surface area contributed by atoms with Crippen molar-refractivity contribution in [3.05, 3.63) is 35.6 Å². The number of hydrogen-bond donors (Lipinski definition) is 1. The minimum absolute atomic E-state index is 0.00104. The Labute approximate surface area is 155 Å². The van der Waals surface area contributed by atoms with E-state index >= 15 is 0 Å². The fourth-order valence-electron chi connectivity index (χ4n) is 3.43. The molecule has 1 aliphatic rings. The van der Waals surface area contributed by atoms with E-state index in [-0.39, 0.29) is 29.7 Å². The van der Waals surface area contributed by atoms with Crippen molar-refractivity contribution in [1.82, 2.24) is 15.1 Å². The first kappa shape index (κ1) is 20.2. The molecule has 0 bridgehead atoms. The lowest BCUT2D eigenvalue weighted by Gasteiger charge is -2.28. The molecular weight excluding hydrogens is 335 g/mol. The van der Waals surface area contributed by atoms with Crippen LogP contribution >= 0.6 is 0 Å². The van der Waals surface area contributed by atoms with Crippen LogP contribution in [0.2, 0.25) is 0 Å². The van der Waals surface area contributed by atoms with Crippen LogP contribution < -0.4 is 5.32 Å². The molecule has 0 aromatic heterocycles. The molecule has 1 aromatic carbocycles. The molecule has 0 spiro atoms. The number of likely N-dealkylation sites (N-methyl/N-ethyl adjacent to an activating group) is 1. The Morgan fingerprint density at radius 2 is 2.19 bits per heavy atom. The number of nitrogens with zero attached hydrogens (tertiary/aromatic N) is 3. The highest BCUT2D eigenvalue weighted by atomic mass is 19.1. The van der Waals surface area contributed by atoms with Crippen molar-refractivity contribution in [2.75, 3.05) is 47.9 Å². The summed E-state index contributed by atoms with van der Waals surface area (Å²) in [7, 11) is 7.08. The maximum absolute atomic E-state index is 13.6. The third kappa shape index (κ3) is 4.72. The Morgan fingerprint density at radius 1 is 1.46 bits per heavy atom. The number of esters is 1. The van der Waals surface area contributed by atoms with Gasteiger partial charge in [0, 0.05) is 26.7 Å². The summed E-state index contributed by atoms with van der Waals surface area (Å²) in [6, 6.07) is 6.64. The summed E-state index contributed by atoms with van der Waals surface area (Å²) < 4.78 is 18.5. The van der Waals surface area contributed by atoms with E-state index in [0.29, 0.717) is 13.1 Å². The third-order valence-corrected chi connectivity index (χ3v) is 4.94. The largest absolute Gasteiger partial charge is 0.469 e. The van der Waals surface area contributed by atoms with Gasteiger partial charge < -0.3 is 19.9 Å². The number of guanidine groups is 1. The zero-order chi connectivity index (χ0) is 19.3. The second-order valence-electron chi connectivity index (χ2n) is 6.97. The molecule has 144 valence electrons. The average Bonchev–Trinajstić information content (AvgIpc) is 2.99. The van der Waals surface area contributed by atoms with Gasteiger partial charge in [0.25, 0.3) is 0 Å². The molecule has 1 N–H and O–H groups in total. The highest BCUT2D eigenvalue weighted by Crippen LogP contribution is 2.24. The first-order valence-electron chi connectivity index (χ1n) is 8.82. The number of hydrogen-bond acceptors (Lipinski definition) is 4. The number of nitrogens with one attached hydrogen (secondary N) is 1. The molecule has 1 fully saturated rings. The first-order chi connectivity index (χ1) is 12.4. The van der Waals surface area contributed by atoms with Gasteiger partial charge in [-0.25, -0.2) is 4.39 Å². The molecule has 2 rings (SSSR count). The first-order valence-corrected chi connectivity index (χ1v) is 8.82. The van der Waals surface area contributed by atoms with Gasteiger partial charge in [0.1, 0.15) is 5.82 Å². The van der Waals surface area contributed by atoms with Crippen LogP contribution in [0.25, 0.3) is 0 Å². The Balaban J connectivity index is 2.04. The summed E-state index contributed by atoms with van der Waals surface area (Å²) in [5.41, 5.74) is 0.903. The lowest BCUT2D eigenvalue weighted by atomic mass is 9.99. The van der Waals surface area contributed by atoms with Gasteiger partial charge in [-0.15, -0.1) is 0 Å². The van der Waals surface area contributed by atoms with E-state index in [4.69, 9.17) is 4.74 Å². The molecule has 26 heavy (non-hydrogen) atoms. The van der Waals surface area contributed by atoms with E-state index in [9.17, 15) is 9.18 Å². The standard InChI is InChI=1S/C19H29FN4O2/c1-13-11-24(12-16(13)18(25)26-5)19(21-2)22-10-17(23(3)4)14-7-6-8-15(20)9-14/h6-9,13,16-17H,10-12H2,1-5H3,(H,21,22). The molecule has 3 atom stereocenters. The summed E-state index contributed by atoms with van der Waals surface area (Å²) in [6.07, 6.45) is 0. The molecule has 1 aliphatic heterocycles. The van der Waals surface area contributed by atoms with E-state index in [0.717, 1.165) is 18.1 Å². The predicted octanol–water partition coefficient (Wildman–Crippen LogP) is 1.74. The molecule has 1 heterocycles. The van der Waals surface area contributed by atoms with Crippen molar-refractivity contribution in [2.45, 2.75) is 13.0 Å². The van der Waals surface area contributed by atoms with E-state index in [1.165, 1.54) is 13.2 Å². The lowest BCUT2D eigenvalue weighted by Crippen LogP contribution is -2.43. The van der Waals surface area contributed by atoms with Crippen LogP contribution in [-0.2, 0) is 9.53 Å². The minimum atomic E-state index is -0.243. The number of benzene rings is 1. The maximum Gasteiger partial charge on any atom is 0.310 e. The van der Waals surface area contributed by atoms with Gasteiger partial charge in [-0.2, -0.15) is 0 Å². The molecule has 0 amide bonds. The molecular formula is C19H29FN4O2. The normalized spacial score (nSPS) is 21.8. The summed E-state index contributed by atoms with van der Waals surface area (Å²) in [4.78, 5) is 20.4. The number of aliphatic imine (C=N–C) groups is 1. The summed E-state index contributed by atoms with van der Waals surface area (Å²) in [6.45, 7) is 3.95. The SMILES string of the molecule is CN=C(NCC(c1cccc(F)c1)N(C)C)N1CC(C)C(C(=O)OC)C1. The molecule has 0 aliphatic carbocycles. The fraction of sp³-hybridized carbons (Fsp3) is 0.579. The summed E-state index contributed by atoms with van der Waals surface area (Å²) in [5, 5.41) is 3.37. The van der Waals surface area contributed by atoms with Gasteiger partial charge in [0.15, 0.2) is 5.96 Å². The van der Waals surface area contributed by atoms with Gasteiger partial charge >= 0.3 is 5.97 Å². The quantitative estimate of drug-likeness (QED) is 0.490. The van der Waals surface area contributed by atoms with Crippen molar-refractivity contribution < 1.29 is 13.9 Å². The van der Waals surface area contributed by atoms with Gasteiger partial charge in [0.05, 0.1) is 19.1 Å². The molecule has 1 saturated heterocycles. The van der Waals surface area contributed by atoms with Crippen molar-refractivity contribution in [3.63, 3.8) is 0 Å². The number of likely N-dealkylation sites (tertiary alicyclic amines) is 1. The van der Waals surface area contributed by atoms with Crippen LogP contribution in [0.1, 0.15) is 18.5 Å². The van der Waals surface area contributed by atoms with Crippen LogP contribution in [0, 0.1) is 17.7 Å².